The average molecular weight is 137 g/mol. The highest BCUT2D eigenvalue weighted by molar-refractivity contribution is 5.78. The third-order valence-corrected chi connectivity index (χ3v) is 1.05. The maximum atomic E-state index is 4.50. The van der Waals surface area contributed by atoms with E-state index in [1.165, 1.54) is 7.11 Å². The fraction of sp³-hybridized carbons (Fsp3) is 0.143. The summed E-state index contributed by atoms with van der Waals surface area (Å²) in [5, 5.41) is 3.60. The molecule has 0 aromatic carbocycles. The lowest BCUT2D eigenvalue weighted by atomic mass is 10.3. The number of aromatic amines is 1. The lowest BCUT2D eigenvalue weighted by Gasteiger charge is -1.85. The van der Waals surface area contributed by atoms with E-state index in [0.29, 0.717) is 0 Å². The molecule has 10 heavy (non-hydrogen) atoms. The van der Waals surface area contributed by atoms with Crippen molar-refractivity contribution in [3.05, 3.63) is 30.1 Å². The lowest BCUT2D eigenvalue weighted by Crippen LogP contribution is -1.97. The van der Waals surface area contributed by atoms with Gasteiger partial charge in [0.1, 0.15) is 7.11 Å². The van der Waals surface area contributed by atoms with Gasteiger partial charge in [0.25, 0.3) is 0 Å². The van der Waals surface area contributed by atoms with E-state index < -0.39 is 0 Å². The molecule has 0 saturated heterocycles. The smallest absolute Gasteiger partial charge is 0.167 e. The molecule has 3 heteroatoms. The zero-order valence-corrected chi connectivity index (χ0v) is 5.74. The number of oxime groups is 1. The third-order valence-electron chi connectivity index (χ3n) is 1.05. The number of hydrogen-bond acceptors (Lipinski definition) is 2. The molecule has 52 valence electrons. The van der Waals surface area contributed by atoms with Crippen LogP contribution in [0, 0.1) is 0 Å². The van der Waals surface area contributed by atoms with Gasteiger partial charge in [-0.05, 0) is 0 Å². The maximum absolute atomic E-state index is 4.50. The molecule has 0 aliphatic heterocycles. The average Bonchev–Trinajstić information content (AvgIpc) is 2.03. The van der Waals surface area contributed by atoms with E-state index in [9.17, 15) is 0 Å². The summed E-state index contributed by atoms with van der Waals surface area (Å²) in [6.07, 6.45) is 5.31. The summed E-state index contributed by atoms with van der Waals surface area (Å²) in [5.41, 5.74) is 1.01. The van der Waals surface area contributed by atoms with Gasteiger partial charge in [-0.1, -0.05) is 5.16 Å². The first kappa shape index (κ1) is 6.74. The quantitative estimate of drug-likeness (QED) is 0.431. The van der Waals surface area contributed by atoms with E-state index in [-0.39, 0.29) is 0 Å². The van der Waals surface area contributed by atoms with E-state index in [2.05, 4.69) is 15.0 Å². The first-order valence-corrected chi connectivity index (χ1v) is 2.96. The number of H-pyrrole nitrogens is 1. The highest BCUT2D eigenvalue weighted by Crippen LogP contribution is 1.87. The Morgan fingerprint density at radius 3 is 2.80 bits per heavy atom. The van der Waals surface area contributed by atoms with Crippen LogP contribution in [-0.4, -0.2) is 13.3 Å². The van der Waals surface area contributed by atoms with Crippen LogP contribution in [0.5, 0.6) is 0 Å². The van der Waals surface area contributed by atoms with Crippen molar-refractivity contribution >= 4 is 6.21 Å². The normalized spacial score (nSPS) is 10.1. The molecule has 0 aliphatic rings. The molecule has 0 saturated carbocycles. The second-order valence-electron chi connectivity index (χ2n) is 1.75. The van der Waals surface area contributed by atoms with Gasteiger partial charge in [-0.3, -0.25) is 0 Å². The molecule has 1 heterocycles. The number of nitrogens with one attached hydrogen (secondary N) is 1. The minimum absolute atomic E-state index is 1.01. The molecular weight excluding hydrogens is 128 g/mol. The predicted molar refractivity (Wildman–Crippen MR) is 37.6 cm³/mol. The van der Waals surface area contributed by atoms with E-state index in [1.54, 1.807) is 6.21 Å². The topological polar surface area (TPSA) is 35.7 Å². The van der Waals surface area contributed by atoms with Crippen LogP contribution in [0.4, 0.5) is 0 Å². The molecule has 1 rings (SSSR count). The van der Waals surface area contributed by atoms with Crippen LogP contribution < -0.4 is 4.98 Å². The molecule has 0 spiro atoms. The zero-order valence-electron chi connectivity index (χ0n) is 5.74. The highest BCUT2D eigenvalue weighted by Gasteiger charge is 1.85. The second-order valence-corrected chi connectivity index (χ2v) is 1.75. The van der Waals surface area contributed by atoms with Crippen molar-refractivity contribution in [2.24, 2.45) is 5.16 Å². The summed E-state index contributed by atoms with van der Waals surface area (Å²) in [6, 6.07) is 3.81. The van der Waals surface area contributed by atoms with Gasteiger partial charge in [-0.2, -0.15) is 0 Å². The van der Waals surface area contributed by atoms with Crippen LogP contribution in [0.1, 0.15) is 5.56 Å². The SMILES string of the molecule is CO/N=C/c1cc[nH+]cc1. The summed E-state index contributed by atoms with van der Waals surface area (Å²) in [5.74, 6) is 0. The van der Waals surface area contributed by atoms with Crippen LogP contribution in [0.25, 0.3) is 0 Å². The highest BCUT2D eigenvalue weighted by atomic mass is 16.6. The van der Waals surface area contributed by atoms with Crippen molar-refractivity contribution in [2.45, 2.75) is 0 Å². The Balaban J connectivity index is 2.67. The summed E-state index contributed by atoms with van der Waals surface area (Å²) in [6.45, 7) is 0. The summed E-state index contributed by atoms with van der Waals surface area (Å²) in [4.78, 5) is 7.41. The largest absolute Gasteiger partial charge is 0.399 e. The molecule has 0 radical (unpaired) electrons. The minimum Gasteiger partial charge on any atom is -0.399 e. The van der Waals surface area contributed by atoms with Crippen LogP contribution in [0.3, 0.4) is 0 Å². The van der Waals surface area contributed by atoms with Crippen molar-refractivity contribution < 1.29 is 9.82 Å². The molecule has 3 nitrogen and oxygen atoms in total. The fourth-order valence-electron chi connectivity index (χ4n) is 0.599. The van der Waals surface area contributed by atoms with Gasteiger partial charge in [-0.25, -0.2) is 4.98 Å². The van der Waals surface area contributed by atoms with Crippen molar-refractivity contribution in [1.82, 2.24) is 0 Å². The fourth-order valence-corrected chi connectivity index (χ4v) is 0.599. The van der Waals surface area contributed by atoms with Gasteiger partial charge < -0.3 is 4.84 Å². The van der Waals surface area contributed by atoms with Crippen molar-refractivity contribution in [3.8, 4) is 0 Å². The molecule has 0 atom stereocenters. The number of rotatable bonds is 2. The van der Waals surface area contributed by atoms with Gasteiger partial charge in [-0.15, -0.1) is 0 Å². The Morgan fingerprint density at radius 1 is 1.50 bits per heavy atom. The Bertz CT molecular complexity index is 208. The summed E-state index contributed by atoms with van der Waals surface area (Å²) >= 11 is 0. The maximum Gasteiger partial charge on any atom is 0.167 e. The van der Waals surface area contributed by atoms with Gasteiger partial charge >= 0.3 is 0 Å². The lowest BCUT2D eigenvalue weighted by molar-refractivity contribution is -0.378. The molecule has 0 unspecified atom stereocenters. The van der Waals surface area contributed by atoms with Gasteiger partial charge in [0.05, 0.1) is 6.21 Å². The Kier molecular flexibility index (Phi) is 2.43. The minimum atomic E-state index is 1.01. The second kappa shape index (κ2) is 3.61. The van der Waals surface area contributed by atoms with Crippen molar-refractivity contribution in [2.75, 3.05) is 7.11 Å². The van der Waals surface area contributed by atoms with Crippen LogP contribution >= 0.6 is 0 Å². The number of hydrogen-bond donors (Lipinski definition) is 0. The molecule has 0 fully saturated rings. The summed E-state index contributed by atoms with van der Waals surface area (Å²) < 4.78 is 0. The molecule has 0 bridgehead atoms. The van der Waals surface area contributed by atoms with E-state index in [4.69, 9.17) is 0 Å². The van der Waals surface area contributed by atoms with Crippen LogP contribution in [0.2, 0.25) is 0 Å². The molecule has 1 aromatic rings. The summed E-state index contributed by atoms with van der Waals surface area (Å²) in [7, 11) is 1.52. The predicted octanol–water partition coefficient (Wildman–Crippen LogP) is 0.481. The number of nitrogens with zero attached hydrogens (tertiary/aromatic N) is 1. The number of pyridine rings is 1. The van der Waals surface area contributed by atoms with Crippen LogP contribution in [0.15, 0.2) is 29.7 Å². The van der Waals surface area contributed by atoms with Gasteiger partial charge in [0.2, 0.25) is 0 Å². The van der Waals surface area contributed by atoms with Crippen molar-refractivity contribution in [1.29, 1.82) is 0 Å². The Hall–Kier alpha value is -1.38. The third kappa shape index (κ3) is 1.85. The molecule has 0 amide bonds. The van der Waals surface area contributed by atoms with E-state index in [0.717, 1.165) is 5.56 Å². The van der Waals surface area contributed by atoms with Crippen LogP contribution in [-0.2, 0) is 4.84 Å². The van der Waals surface area contributed by atoms with E-state index in [1.807, 2.05) is 24.5 Å². The number of aromatic nitrogens is 1. The molecule has 0 aliphatic carbocycles. The standard InChI is InChI=1S/C7H8N2O/c1-10-9-6-7-2-4-8-5-3-7/h2-6H,1H3/p+1/b9-6+. The Morgan fingerprint density at radius 2 is 2.20 bits per heavy atom. The van der Waals surface area contributed by atoms with Gasteiger partial charge in [0, 0.05) is 17.7 Å². The van der Waals surface area contributed by atoms with Crippen molar-refractivity contribution in [3.63, 3.8) is 0 Å². The molecule has 1 aromatic heterocycles. The monoisotopic (exact) mass is 137 g/mol. The van der Waals surface area contributed by atoms with Gasteiger partial charge in [0.15, 0.2) is 12.4 Å². The first-order valence-electron chi connectivity index (χ1n) is 2.96. The molecule has 1 N–H and O–H groups in total. The van der Waals surface area contributed by atoms with E-state index >= 15 is 0 Å². The zero-order chi connectivity index (χ0) is 7.23. The molecular formula is C7H9N2O+. The first-order chi connectivity index (χ1) is 4.93. The Labute approximate surface area is 59.3 Å².